The van der Waals surface area contributed by atoms with E-state index in [4.69, 9.17) is 18.9 Å². The lowest BCUT2D eigenvalue weighted by molar-refractivity contribution is -0.133. The fraction of sp³-hybridized carbons (Fsp3) is 0.191. The first-order chi connectivity index (χ1) is 48.2. The molecule has 0 saturated carbocycles. The minimum Gasteiger partial charge on any atom is -0.493 e. The molecule has 0 bridgehead atoms. The van der Waals surface area contributed by atoms with Crippen molar-refractivity contribution >= 4 is 39.7 Å². The van der Waals surface area contributed by atoms with E-state index in [1.807, 2.05) is 110 Å². The second-order valence-corrected chi connectivity index (χ2v) is 27.0. The van der Waals surface area contributed by atoms with Crippen LogP contribution in [-0.4, -0.2) is 39.6 Å². The molecule has 2 saturated heterocycles. The van der Waals surface area contributed by atoms with Gasteiger partial charge in [-0.2, -0.15) is 0 Å². The number of benzene rings is 11. The van der Waals surface area contributed by atoms with E-state index in [2.05, 4.69) is 156 Å². The van der Waals surface area contributed by atoms with Crippen LogP contribution >= 0.6 is 0 Å². The number of allylic oxidation sites excluding steroid dienone is 5. The summed E-state index contributed by atoms with van der Waals surface area (Å²) in [6.45, 7) is 18.7. The summed E-state index contributed by atoms with van der Waals surface area (Å²) in [5.41, 5.74) is 15.6. The molecule has 6 nitrogen and oxygen atoms in total. The quantitative estimate of drug-likeness (QED) is 0.0668. The van der Waals surface area contributed by atoms with Crippen molar-refractivity contribution in [1.29, 1.82) is 0 Å². The third-order valence-corrected chi connectivity index (χ3v) is 21.1. The SMILES string of the molecule is C=CC1=C(/C=C\C)C(c2ccc(C)cc2)(c2ccc(OCC3(CC)COC3)cc2)c2cc(N(c3ccc(-c4ccc(N(c5ccc6c(c5)C(c5ccc(C)cc5)(c5ccc(OCC7(CC)COC7)cc5)c5ccccc5-6)c5c(F)cccc5F)cc4)cc3)c3c(F)cccc3F)ccc21. The average molecular weight is 1310 g/mol. The van der Waals surface area contributed by atoms with Crippen molar-refractivity contribution < 1.29 is 36.5 Å². The predicted molar refractivity (Wildman–Crippen MR) is 391 cm³/mol. The molecule has 2 aliphatic carbocycles. The Labute approximate surface area is 577 Å². The molecule has 2 atom stereocenters. The third kappa shape index (κ3) is 11.0. The van der Waals surface area contributed by atoms with Crippen LogP contribution < -0.4 is 19.3 Å². The fourth-order valence-electron chi connectivity index (χ4n) is 15.4. The summed E-state index contributed by atoms with van der Waals surface area (Å²) in [5, 5.41) is 0. The van der Waals surface area contributed by atoms with Gasteiger partial charge in [-0.1, -0.05) is 195 Å². The smallest absolute Gasteiger partial charge is 0.150 e. The van der Waals surface area contributed by atoms with Gasteiger partial charge in [-0.05, 0) is 209 Å². The molecule has 2 fully saturated rings. The van der Waals surface area contributed by atoms with Gasteiger partial charge in [0.05, 0.1) is 61.3 Å². The molecule has 0 spiro atoms. The highest BCUT2D eigenvalue weighted by molar-refractivity contribution is 5.94. The lowest BCUT2D eigenvalue weighted by atomic mass is 9.66. The monoisotopic (exact) mass is 1310 g/mol. The standard InChI is InChI=1S/C89H76F4N2O4/c1-7-15-76-72(8-2)74-48-42-68(50-78(74)88(76,62-30-22-58(5)23-31-62)64-34-44-70(45-35-64)98-56-86(9-3)52-96-53-86)94(84-80(90)18-13-19-81(84)91)66-38-26-60(27-39-66)61-28-40-67(41-29-61)95(85-82(92)20-14-21-83(85)93)69-43-49-75-73-16-11-12-17-77(73)89(79(75)51-69,63-32-24-59(6)25-33-63)65-36-46-71(47-37-65)99-57-87(10-4)54-97-55-87/h7-8,11-51H,2,9-10,52-57H2,1,3-6H3/b15-7-. The number of fused-ring (bicyclic) bond motifs is 4. The topological polar surface area (TPSA) is 43.4 Å². The number of anilines is 6. The zero-order valence-corrected chi connectivity index (χ0v) is 56.2. The Hall–Kier alpha value is -10.5. The van der Waals surface area contributed by atoms with Crippen LogP contribution in [0.15, 0.2) is 273 Å². The molecule has 2 heterocycles. The normalized spacial score (nSPS) is 17.7. The number of ether oxygens (including phenoxy) is 4. The summed E-state index contributed by atoms with van der Waals surface area (Å²) in [7, 11) is 0. The number of halogens is 4. The second-order valence-electron chi connectivity index (χ2n) is 27.0. The molecule has 0 N–H and O–H groups in total. The molecule has 494 valence electrons. The van der Waals surface area contributed by atoms with Crippen molar-refractivity contribution in [2.45, 2.75) is 58.3 Å². The van der Waals surface area contributed by atoms with Gasteiger partial charge in [0.2, 0.25) is 0 Å². The van der Waals surface area contributed by atoms with Crippen molar-refractivity contribution in [3.63, 3.8) is 0 Å². The average Bonchev–Trinajstić information content (AvgIpc) is 1.56. The molecule has 4 aliphatic rings. The highest BCUT2D eigenvalue weighted by Crippen LogP contribution is 2.60. The van der Waals surface area contributed by atoms with E-state index in [0.717, 1.165) is 113 Å². The van der Waals surface area contributed by atoms with Crippen molar-refractivity contribution in [2.24, 2.45) is 10.8 Å². The Morgan fingerprint density at radius 2 is 0.808 bits per heavy atom. The Morgan fingerprint density at radius 1 is 0.424 bits per heavy atom. The zero-order chi connectivity index (χ0) is 68.2. The van der Waals surface area contributed by atoms with Gasteiger partial charge in [0.1, 0.15) is 46.1 Å². The molecule has 0 radical (unpaired) electrons. The number of hydrogen-bond acceptors (Lipinski definition) is 6. The van der Waals surface area contributed by atoms with Crippen LogP contribution in [0.25, 0.3) is 27.8 Å². The Morgan fingerprint density at radius 3 is 1.21 bits per heavy atom. The van der Waals surface area contributed by atoms with Crippen molar-refractivity contribution in [3.05, 3.63) is 352 Å². The molecule has 15 rings (SSSR count). The highest BCUT2D eigenvalue weighted by atomic mass is 19.1. The summed E-state index contributed by atoms with van der Waals surface area (Å²) in [4.78, 5) is 3.30. The molecule has 2 aliphatic heterocycles. The Kier molecular flexibility index (Phi) is 17.0. The van der Waals surface area contributed by atoms with Crippen LogP contribution in [0, 0.1) is 47.9 Å². The first kappa shape index (κ1) is 64.5. The van der Waals surface area contributed by atoms with Crippen LogP contribution in [0.5, 0.6) is 11.5 Å². The van der Waals surface area contributed by atoms with Gasteiger partial charge in [-0.3, -0.25) is 0 Å². The van der Waals surface area contributed by atoms with E-state index in [-0.39, 0.29) is 22.2 Å². The molecule has 2 unspecified atom stereocenters. The van der Waals surface area contributed by atoms with Crippen LogP contribution in [0.4, 0.5) is 51.7 Å². The van der Waals surface area contributed by atoms with E-state index in [9.17, 15) is 0 Å². The molecular weight excluding hydrogens is 1240 g/mol. The fourth-order valence-corrected chi connectivity index (χ4v) is 15.4. The molecular formula is C89H76F4N2O4. The zero-order valence-electron chi connectivity index (χ0n) is 56.2. The van der Waals surface area contributed by atoms with E-state index in [1.54, 1.807) is 9.80 Å². The molecule has 11 aromatic carbocycles. The van der Waals surface area contributed by atoms with E-state index < -0.39 is 34.1 Å². The maximum atomic E-state index is 16.7. The number of aryl methyl sites for hydroxylation is 2. The summed E-state index contributed by atoms with van der Waals surface area (Å²) < 4.78 is 91.1. The minimum absolute atomic E-state index is 0.00112. The van der Waals surface area contributed by atoms with Gasteiger partial charge < -0.3 is 28.7 Å². The van der Waals surface area contributed by atoms with Gasteiger partial charge >= 0.3 is 0 Å². The lowest BCUT2D eigenvalue weighted by Gasteiger charge is -2.40. The maximum Gasteiger partial charge on any atom is 0.150 e. The summed E-state index contributed by atoms with van der Waals surface area (Å²) >= 11 is 0. The summed E-state index contributed by atoms with van der Waals surface area (Å²) in [6.07, 6.45) is 8.00. The van der Waals surface area contributed by atoms with Crippen LogP contribution in [-0.2, 0) is 20.3 Å². The summed E-state index contributed by atoms with van der Waals surface area (Å²) in [5.74, 6) is -1.42. The number of para-hydroxylation sites is 2. The third-order valence-electron chi connectivity index (χ3n) is 21.1. The first-order valence-electron chi connectivity index (χ1n) is 34.1. The van der Waals surface area contributed by atoms with Gasteiger partial charge in [0.25, 0.3) is 0 Å². The number of rotatable bonds is 21. The van der Waals surface area contributed by atoms with Gasteiger partial charge in [-0.25, -0.2) is 17.6 Å². The molecule has 0 amide bonds. The Bertz CT molecular complexity index is 4870. The van der Waals surface area contributed by atoms with Crippen molar-refractivity contribution in [3.8, 4) is 33.8 Å². The first-order valence-corrected chi connectivity index (χ1v) is 34.1. The highest BCUT2D eigenvalue weighted by Gasteiger charge is 2.49. The van der Waals surface area contributed by atoms with Gasteiger partial charge in [-0.15, -0.1) is 0 Å². The van der Waals surface area contributed by atoms with Crippen LogP contribution in [0.1, 0.15) is 89.2 Å². The number of hydrogen-bond donors (Lipinski definition) is 0. The van der Waals surface area contributed by atoms with Gasteiger partial charge in [0.15, 0.2) is 0 Å². The van der Waals surface area contributed by atoms with E-state index in [0.29, 0.717) is 62.4 Å². The van der Waals surface area contributed by atoms with E-state index >= 15 is 17.6 Å². The maximum absolute atomic E-state index is 16.7. The lowest BCUT2D eigenvalue weighted by Crippen LogP contribution is -2.46. The Balaban J connectivity index is 0.812. The second kappa shape index (κ2) is 26.0. The number of nitrogens with zero attached hydrogens (tertiary/aromatic N) is 2. The largest absolute Gasteiger partial charge is 0.493 e. The van der Waals surface area contributed by atoms with Gasteiger partial charge in [0, 0.05) is 22.7 Å². The molecule has 0 aromatic heterocycles. The molecule has 99 heavy (non-hydrogen) atoms. The van der Waals surface area contributed by atoms with E-state index in [1.165, 1.54) is 36.4 Å². The van der Waals surface area contributed by atoms with Crippen LogP contribution in [0.2, 0.25) is 0 Å². The van der Waals surface area contributed by atoms with Crippen molar-refractivity contribution in [1.82, 2.24) is 0 Å². The van der Waals surface area contributed by atoms with Crippen LogP contribution in [0.3, 0.4) is 0 Å². The van der Waals surface area contributed by atoms with Crippen molar-refractivity contribution in [2.75, 3.05) is 49.4 Å². The molecule has 10 heteroatoms. The predicted octanol–water partition coefficient (Wildman–Crippen LogP) is 22.3. The molecule has 11 aromatic rings. The summed E-state index contributed by atoms with van der Waals surface area (Å²) in [6, 6.07) is 77.5. The minimum atomic E-state index is -0.922.